The Morgan fingerprint density at radius 3 is 2.70 bits per heavy atom. The molecule has 1 amide bonds. The summed E-state index contributed by atoms with van der Waals surface area (Å²) in [6, 6.07) is 5.70. The number of non-ortho nitro benzene ring substituents is 1. The van der Waals surface area contributed by atoms with E-state index < -0.39 is 11.0 Å². The third kappa shape index (κ3) is 3.14. The van der Waals surface area contributed by atoms with Crippen LogP contribution in [0.4, 0.5) is 5.69 Å². The summed E-state index contributed by atoms with van der Waals surface area (Å²) in [5.41, 5.74) is 0.427. The van der Waals surface area contributed by atoms with Crippen LogP contribution in [0.5, 0.6) is 0 Å². The van der Waals surface area contributed by atoms with Crippen LogP contribution < -0.4 is 0 Å². The molecule has 0 spiro atoms. The smallest absolute Gasteiger partial charge is 0.269 e. The van der Waals surface area contributed by atoms with Crippen LogP contribution in [0.2, 0.25) is 0 Å². The van der Waals surface area contributed by atoms with Crippen LogP contribution in [0.15, 0.2) is 24.3 Å². The van der Waals surface area contributed by atoms with Crippen molar-refractivity contribution in [1.82, 2.24) is 4.90 Å². The molecule has 1 aliphatic heterocycles. The summed E-state index contributed by atoms with van der Waals surface area (Å²) in [6.45, 7) is 2.39. The number of aliphatic hydroxyl groups is 1. The minimum atomic E-state index is -0.486. The second-order valence-electron chi connectivity index (χ2n) is 5.18. The van der Waals surface area contributed by atoms with Crippen molar-refractivity contribution >= 4 is 11.6 Å². The Bertz CT molecular complexity index is 498. The SMILES string of the molecule is CC(O)CC1CCCN1C(=O)c1ccc([N+](=O)[O-])cc1. The number of carbonyl (C=O) groups excluding carboxylic acids is 1. The number of hydrogen-bond acceptors (Lipinski definition) is 4. The van der Waals surface area contributed by atoms with Gasteiger partial charge in [0.25, 0.3) is 11.6 Å². The summed E-state index contributed by atoms with van der Waals surface area (Å²) in [4.78, 5) is 24.3. The zero-order chi connectivity index (χ0) is 14.7. The van der Waals surface area contributed by atoms with Crippen molar-refractivity contribution in [3.8, 4) is 0 Å². The van der Waals surface area contributed by atoms with Gasteiger partial charge in [0.05, 0.1) is 11.0 Å². The van der Waals surface area contributed by atoms with Crippen molar-refractivity contribution in [3.63, 3.8) is 0 Å². The van der Waals surface area contributed by atoms with Crippen molar-refractivity contribution in [2.45, 2.75) is 38.3 Å². The summed E-state index contributed by atoms with van der Waals surface area (Å²) in [7, 11) is 0. The van der Waals surface area contributed by atoms with Crippen LogP contribution in [0, 0.1) is 10.1 Å². The maximum atomic E-state index is 12.4. The molecule has 1 fully saturated rings. The third-order valence-corrected chi connectivity index (χ3v) is 3.58. The van der Waals surface area contributed by atoms with Gasteiger partial charge in [-0.1, -0.05) is 0 Å². The van der Waals surface area contributed by atoms with Gasteiger partial charge in [-0.25, -0.2) is 0 Å². The zero-order valence-electron chi connectivity index (χ0n) is 11.4. The highest BCUT2D eigenvalue weighted by molar-refractivity contribution is 5.94. The molecule has 0 bridgehead atoms. The Kier molecular flexibility index (Phi) is 4.34. The number of rotatable bonds is 4. The van der Waals surface area contributed by atoms with Gasteiger partial charge in [-0.05, 0) is 38.3 Å². The summed E-state index contributed by atoms with van der Waals surface area (Å²) >= 11 is 0. The number of hydrogen-bond donors (Lipinski definition) is 1. The van der Waals surface area contributed by atoms with Crippen LogP contribution in [-0.2, 0) is 0 Å². The predicted molar refractivity (Wildman–Crippen MR) is 73.5 cm³/mol. The number of carbonyl (C=O) groups is 1. The number of nitrogens with zero attached hydrogens (tertiary/aromatic N) is 2. The molecule has 2 unspecified atom stereocenters. The highest BCUT2D eigenvalue weighted by Gasteiger charge is 2.30. The second kappa shape index (κ2) is 6.00. The number of aliphatic hydroxyl groups excluding tert-OH is 1. The van der Waals surface area contributed by atoms with Gasteiger partial charge in [-0.15, -0.1) is 0 Å². The minimum absolute atomic E-state index is 0.0245. The average Bonchev–Trinajstić information content (AvgIpc) is 2.85. The van der Waals surface area contributed by atoms with Crippen molar-refractivity contribution < 1.29 is 14.8 Å². The van der Waals surface area contributed by atoms with Crippen molar-refractivity contribution in [3.05, 3.63) is 39.9 Å². The maximum Gasteiger partial charge on any atom is 0.269 e. The molecular formula is C14H18N2O4. The Morgan fingerprint density at radius 1 is 1.50 bits per heavy atom. The van der Waals surface area contributed by atoms with Gasteiger partial charge in [0.1, 0.15) is 0 Å². The van der Waals surface area contributed by atoms with E-state index in [2.05, 4.69) is 0 Å². The molecule has 2 rings (SSSR count). The van der Waals surface area contributed by atoms with E-state index in [1.54, 1.807) is 11.8 Å². The monoisotopic (exact) mass is 278 g/mol. The lowest BCUT2D eigenvalue weighted by Crippen LogP contribution is -2.37. The van der Waals surface area contributed by atoms with Gasteiger partial charge < -0.3 is 10.0 Å². The molecule has 1 aromatic rings. The van der Waals surface area contributed by atoms with Crippen LogP contribution in [0.3, 0.4) is 0 Å². The molecule has 1 N–H and O–H groups in total. The number of benzene rings is 1. The van der Waals surface area contributed by atoms with E-state index in [1.165, 1.54) is 24.3 Å². The summed E-state index contributed by atoms with van der Waals surface area (Å²) in [6.07, 6.45) is 1.95. The van der Waals surface area contributed by atoms with E-state index in [9.17, 15) is 20.0 Å². The fourth-order valence-electron chi connectivity index (χ4n) is 2.63. The standard InChI is InChI=1S/C14H18N2O4/c1-10(17)9-13-3-2-8-15(13)14(18)11-4-6-12(7-5-11)16(19)20/h4-7,10,13,17H,2-3,8-9H2,1H3. The lowest BCUT2D eigenvalue weighted by atomic mass is 10.1. The topological polar surface area (TPSA) is 83.7 Å². The molecule has 6 nitrogen and oxygen atoms in total. The molecule has 1 heterocycles. The van der Waals surface area contributed by atoms with Crippen LogP contribution in [0.1, 0.15) is 36.5 Å². The Morgan fingerprint density at radius 2 is 2.15 bits per heavy atom. The number of likely N-dealkylation sites (tertiary alicyclic amines) is 1. The van der Waals surface area contributed by atoms with Crippen molar-refractivity contribution in [2.75, 3.05) is 6.54 Å². The molecule has 0 aromatic heterocycles. The fourth-order valence-corrected chi connectivity index (χ4v) is 2.63. The highest BCUT2D eigenvalue weighted by atomic mass is 16.6. The van der Waals surface area contributed by atoms with E-state index in [0.717, 1.165) is 12.8 Å². The molecule has 20 heavy (non-hydrogen) atoms. The summed E-state index contributed by atoms with van der Waals surface area (Å²) < 4.78 is 0. The first-order chi connectivity index (χ1) is 9.49. The number of nitro benzene ring substituents is 1. The molecule has 6 heteroatoms. The molecule has 108 valence electrons. The lowest BCUT2D eigenvalue weighted by Gasteiger charge is -2.25. The highest BCUT2D eigenvalue weighted by Crippen LogP contribution is 2.24. The second-order valence-corrected chi connectivity index (χ2v) is 5.18. The van der Waals surface area contributed by atoms with E-state index >= 15 is 0 Å². The molecule has 1 aliphatic rings. The van der Waals surface area contributed by atoms with Gasteiger partial charge in [-0.2, -0.15) is 0 Å². The first-order valence-corrected chi connectivity index (χ1v) is 6.72. The Balaban J connectivity index is 2.11. The van der Waals surface area contributed by atoms with Crippen LogP contribution in [-0.4, -0.2) is 39.5 Å². The molecular weight excluding hydrogens is 260 g/mol. The minimum Gasteiger partial charge on any atom is -0.393 e. The predicted octanol–water partition coefficient (Wildman–Crippen LogP) is 1.97. The van der Waals surface area contributed by atoms with Gasteiger partial charge in [-0.3, -0.25) is 14.9 Å². The average molecular weight is 278 g/mol. The molecule has 1 aromatic carbocycles. The normalized spacial score (nSPS) is 19.9. The van der Waals surface area contributed by atoms with E-state index in [-0.39, 0.29) is 17.6 Å². The van der Waals surface area contributed by atoms with Crippen LogP contribution >= 0.6 is 0 Å². The fraction of sp³-hybridized carbons (Fsp3) is 0.500. The molecule has 0 aliphatic carbocycles. The first-order valence-electron chi connectivity index (χ1n) is 6.72. The molecule has 0 radical (unpaired) electrons. The Labute approximate surface area is 117 Å². The Hall–Kier alpha value is -1.95. The summed E-state index contributed by atoms with van der Waals surface area (Å²) in [5, 5.41) is 20.1. The van der Waals surface area contributed by atoms with Crippen molar-refractivity contribution in [2.24, 2.45) is 0 Å². The third-order valence-electron chi connectivity index (χ3n) is 3.58. The van der Waals surface area contributed by atoms with Gasteiger partial charge in [0.15, 0.2) is 0 Å². The number of amides is 1. The lowest BCUT2D eigenvalue weighted by molar-refractivity contribution is -0.384. The first kappa shape index (κ1) is 14.5. The van der Waals surface area contributed by atoms with Gasteiger partial charge >= 0.3 is 0 Å². The number of nitro groups is 1. The molecule has 1 saturated heterocycles. The van der Waals surface area contributed by atoms with Gasteiger partial charge in [0.2, 0.25) is 0 Å². The van der Waals surface area contributed by atoms with Crippen LogP contribution in [0.25, 0.3) is 0 Å². The van der Waals surface area contributed by atoms with Gasteiger partial charge in [0, 0.05) is 30.3 Å². The van der Waals surface area contributed by atoms with Crippen molar-refractivity contribution in [1.29, 1.82) is 0 Å². The maximum absolute atomic E-state index is 12.4. The zero-order valence-corrected chi connectivity index (χ0v) is 11.4. The largest absolute Gasteiger partial charge is 0.393 e. The summed E-state index contributed by atoms with van der Waals surface area (Å²) in [5.74, 6) is -0.122. The molecule has 2 atom stereocenters. The van der Waals surface area contributed by atoms with E-state index in [4.69, 9.17) is 0 Å². The van der Waals surface area contributed by atoms with E-state index in [1.807, 2.05) is 0 Å². The molecule has 0 saturated carbocycles. The van der Waals surface area contributed by atoms with E-state index in [0.29, 0.717) is 18.5 Å². The quantitative estimate of drug-likeness (QED) is 0.674.